The van der Waals surface area contributed by atoms with Gasteiger partial charge in [-0.3, -0.25) is 24.3 Å². The van der Waals surface area contributed by atoms with Crippen LogP contribution in [0.5, 0.6) is 0 Å². The molecule has 0 aliphatic carbocycles. The average Bonchev–Trinajstić information content (AvgIpc) is 3.08. The summed E-state index contributed by atoms with van der Waals surface area (Å²) in [5, 5.41) is 10.8. The number of halogens is 1. The van der Waals surface area contributed by atoms with Gasteiger partial charge in [0, 0.05) is 43.9 Å². The van der Waals surface area contributed by atoms with E-state index >= 15 is 0 Å². The maximum Gasteiger partial charge on any atom is 0.252 e. The van der Waals surface area contributed by atoms with Crippen LogP contribution in [-0.2, 0) is 20.9 Å². The van der Waals surface area contributed by atoms with Crippen molar-refractivity contribution in [1.29, 1.82) is 0 Å². The standard InChI is InChI=1S/C21H26ClN3O4/c22-17-4-2-1-3-14(17)10-24-19(27)18-9-16(26)11-25(18)21(20(24)28)12-23(13-21)15-5-7-29-8-6-15/h1-4,15-16,18,26H,5-13H2/t16-,18+/m1/s1. The van der Waals surface area contributed by atoms with E-state index in [4.69, 9.17) is 16.3 Å². The first kappa shape index (κ1) is 19.5. The van der Waals surface area contributed by atoms with Gasteiger partial charge < -0.3 is 9.84 Å². The van der Waals surface area contributed by atoms with Crippen molar-refractivity contribution in [2.75, 3.05) is 32.8 Å². The lowest BCUT2D eigenvalue weighted by atomic mass is 9.80. The molecule has 1 aromatic rings. The predicted molar refractivity (Wildman–Crippen MR) is 106 cm³/mol. The summed E-state index contributed by atoms with van der Waals surface area (Å²) in [6, 6.07) is 7.29. The van der Waals surface area contributed by atoms with E-state index in [1.54, 1.807) is 6.07 Å². The molecule has 1 aromatic carbocycles. The Kier molecular flexibility index (Phi) is 4.91. The molecule has 156 valence electrons. The van der Waals surface area contributed by atoms with Crippen LogP contribution in [0.2, 0.25) is 5.02 Å². The number of piperazine rings is 1. The SMILES string of the molecule is O=C1[C@@H]2C[C@@H](O)CN2C2(CN(C3CCOCC3)C2)C(=O)N1Cc1ccccc1Cl. The minimum Gasteiger partial charge on any atom is -0.392 e. The molecule has 7 nitrogen and oxygen atoms in total. The van der Waals surface area contributed by atoms with Gasteiger partial charge in [0.25, 0.3) is 5.91 Å². The number of imide groups is 1. The van der Waals surface area contributed by atoms with Gasteiger partial charge >= 0.3 is 0 Å². The number of nitrogens with zero attached hydrogens (tertiary/aromatic N) is 3. The van der Waals surface area contributed by atoms with Gasteiger partial charge in [-0.2, -0.15) is 0 Å². The number of fused-ring (bicyclic) bond motifs is 2. The number of carbonyl (C=O) groups is 2. The van der Waals surface area contributed by atoms with Crippen LogP contribution in [0.3, 0.4) is 0 Å². The molecule has 0 saturated carbocycles. The number of aliphatic hydroxyl groups excluding tert-OH is 1. The second-order valence-electron chi connectivity index (χ2n) is 8.66. The Balaban J connectivity index is 1.42. The summed E-state index contributed by atoms with van der Waals surface area (Å²) in [5.74, 6) is -0.377. The highest BCUT2D eigenvalue weighted by atomic mass is 35.5. The van der Waals surface area contributed by atoms with E-state index in [1.165, 1.54) is 4.90 Å². The van der Waals surface area contributed by atoms with Crippen molar-refractivity contribution < 1.29 is 19.4 Å². The number of ether oxygens (including phenoxy) is 1. The lowest BCUT2D eigenvalue weighted by Gasteiger charge is -2.60. The fraction of sp³-hybridized carbons (Fsp3) is 0.619. The topological polar surface area (TPSA) is 73.3 Å². The van der Waals surface area contributed by atoms with E-state index in [9.17, 15) is 14.7 Å². The second-order valence-corrected chi connectivity index (χ2v) is 9.07. The van der Waals surface area contributed by atoms with Gasteiger partial charge in [0.2, 0.25) is 5.91 Å². The summed E-state index contributed by atoms with van der Waals surface area (Å²) in [7, 11) is 0. The van der Waals surface area contributed by atoms with Crippen LogP contribution in [0.25, 0.3) is 0 Å². The summed E-state index contributed by atoms with van der Waals surface area (Å²) in [6.45, 7) is 3.27. The predicted octanol–water partition coefficient (Wildman–Crippen LogP) is 0.877. The smallest absolute Gasteiger partial charge is 0.252 e. The minimum atomic E-state index is -0.727. The molecule has 5 rings (SSSR count). The molecular weight excluding hydrogens is 394 g/mol. The van der Waals surface area contributed by atoms with E-state index in [0.29, 0.717) is 37.1 Å². The van der Waals surface area contributed by atoms with E-state index in [2.05, 4.69) is 4.90 Å². The number of amides is 2. The summed E-state index contributed by atoms with van der Waals surface area (Å²) < 4.78 is 5.47. The van der Waals surface area contributed by atoms with Crippen molar-refractivity contribution >= 4 is 23.4 Å². The second kappa shape index (κ2) is 7.32. The minimum absolute atomic E-state index is 0.156. The Bertz CT molecular complexity index is 822. The Morgan fingerprint density at radius 2 is 1.90 bits per heavy atom. The van der Waals surface area contributed by atoms with Gasteiger partial charge in [-0.1, -0.05) is 29.8 Å². The van der Waals surface area contributed by atoms with Crippen molar-refractivity contribution in [3.8, 4) is 0 Å². The molecule has 4 heterocycles. The van der Waals surface area contributed by atoms with E-state index in [1.807, 2.05) is 23.1 Å². The quantitative estimate of drug-likeness (QED) is 0.733. The van der Waals surface area contributed by atoms with E-state index < -0.39 is 17.7 Å². The number of rotatable bonds is 3. The Morgan fingerprint density at radius 1 is 1.17 bits per heavy atom. The normalized spacial score (nSPS) is 30.6. The molecule has 8 heteroatoms. The molecule has 4 saturated heterocycles. The summed E-state index contributed by atoms with van der Waals surface area (Å²) >= 11 is 6.30. The maximum absolute atomic E-state index is 13.6. The Hall–Kier alpha value is -1.51. The lowest BCUT2D eigenvalue weighted by Crippen LogP contribution is -2.82. The van der Waals surface area contributed by atoms with Crippen molar-refractivity contribution in [3.63, 3.8) is 0 Å². The third kappa shape index (κ3) is 3.11. The molecule has 0 bridgehead atoms. The fourth-order valence-corrected chi connectivity index (χ4v) is 5.57. The highest BCUT2D eigenvalue weighted by Gasteiger charge is 2.64. The molecule has 2 atom stereocenters. The van der Waals surface area contributed by atoms with Crippen LogP contribution in [0.1, 0.15) is 24.8 Å². The molecule has 4 aliphatic heterocycles. The summed E-state index contributed by atoms with van der Waals surface area (Å²) in [5.41, 5.74) is 0.0360. The number of hydrogen-bond donors (Lipinski definition) is 1. The first-order chi connectivity index (χ1) is 14.0. The van der Waals surface area contributed by atoms with Crippen LogP contribution in [0.4, 0.5) is 0 Å². The third-order valence-electron chi connectivity index (χ3n) is 6.95. The zero-order valence-electron chi connectivity index (χ0n) is 16.3. The van der Waals surface area contributed by atoms with Crippen LogP contribution in [0, 0.1) is 0 Å². The van der Waals surface area contributed by atoms with Crippen molar-refractivity contribution in [1.82, 2.24) is 14.7 Å². The number of likely N-dealkylation sites (tertiary alicyclic amines) is 1. The van der Waals surface area contributed by atoms with Gasteiger partial charge in [-0.15, -0.1) is 0 Å². The highest BCUT2D eigenvalue weighted by molar-refractivity contribution is 6.31. The van der Waals surface area contributed by atoms with Crippen molar-refractivity contribution in [2.45, 2.75) is 49.5 Å². The fourth-order valence-electron chi connectivity index (χ4n) is 5.37. The Morgan fingerprint density at radius 3 is 2.62 bits per heavy atom. The zero-order valence-corrected chi connectivity index (χ0v) is 17.1. The number of β-amino-alcohol motifs (C(OH)–C–C–N with tert-alkyl or cyclic N) is 1. The molecule has 1 spiro atoms. The van der Waals surface area contributed by atoms with E-state index in [0.717, 1.165) is 31.6 Å². The van der Waals surface area contributed by atoms with Gasteiger partial charge in [0.05, 0.1) is 18.7 Å². The van der Waals surface area contributed by atoms with Crippen LogP contribution < -0.4 is 0 Å². The molecule has 0 aromatic heterocycles. The van der Waals surface area contributed by atoms with Gasteiger partial charge in [-0.25, -0.2) is 0 Å². The molecule has 2 amide bonds. The van der Waals surface area contributed by atoms with Gasteiger partial charge in [-0.05, 0) is 30.9 Å². The molecule has 1 N–H and O–H groups in total. The first-order valence-electron chi connectivity index (χ1n) is 10.4. The monoisotopic (exact) mass is 419 g/mol. The van der Waals surface area contributed by atoms with Gasteiger partial charge in [0.1, 0.15) is 5.54 Å². The van der Waals surface area contributed by atoms with Crippen LogP contribution >= 0.6 is 11.6 Å². The summed E-state index contributed by atoms with van der Waals surface area (Å²) in [6.07, 6.45) is 1.74. The maximum atomic E-state index is 13.6. The van der Waals surface area contributed by atoms with E-state index in [-0.39, 0.29) is 18.4 Å². The van der Waals surface area contributed by atoms with Crippen LogP contribution in [-0.4, -0.2) is 88.2 Å². The third-order valence-corrected chi connectivity index (χ3v) is 7.31. The molecule has 4 fully saturated rings. The van der Waals surface area contributed by atoms with Crippen molar-refractivity contribution in [3.05, 3.63) is 34.9 Å². The largest absolute Gasteiger partial charge is 0.392 e. The molecule has 0 radical (unpaired) electrons. The van der Waals surface area contributed by atoms with Gasteiger partial charge in [0.15, 0.2) is 0 Å². The zero-order chi connectivity index (χ0) is 20.2. The highest BCUT2D eigenvalue weighted by Crippen LogP contribution is 2.42. The Labute approximate surface area is 175 Å². The first-order valence-corrected chi connectivity index (χ1v) is 10.7. The molecular formula is C21H26ClN3O4. The molecule has 4 aliphatic rings. The average molecular weight is 420 g/mol. The number of hydrogen-bond acceptors (Lipinski definition) is 6. The summed E-state index contributed by atoms with van der Waals surface area (Å²) in [4.78, 5) is 32.5. The van der Waals surface area contributed by atoms with Crippen molar-refractivity contribution in [2.24, 2.45) is 0 Å². The number of benzene rings is 1. The number of aliphatic hydroxyl groups is 1. The molecule has 29 heavy (non-hydrogen) atoms. The lowest BCUT2D eigenvalue weighted by molar-refractivity contribution is -0.184. The number of carbonyl (C=O) groups excluding carboxylic acids is 2. The molecule has 0 unspecified atom stereocenters. The van der Waals surface area contributed by atoms with Crippen LogP contribution in [0.15, 0.2) is 24.3 Å².